The summed E-state index contributed by atoms with van der Waals surface area (Å²) < 4.78 is 39.1. The molecule has 106 valence electrons. The smallest absolute Gasteiger partial charge is 0.380 e. The van der Waals surface area contributed by atoms with E-state index in [4.69, 9.17) is 0 Å². The maximum absolute atomic E-state index is 13.0. The number of aliphatic hydroxyl groups is 1. The van der Waals surface area contributed by atoms with E-state index in [1.807, 2.05) is 0 Å². The second-order valence-corrected chi connectivity index (χ2v) is 6.42. The summed E-state index contributed by atoms with van der Waals surface area (Å²) in [5.41, 5.74) is -2.52. The first kappa shape index (κ1) is 14.2. The Kier molecular flexibility index (Phi) is 3.69. The fraction of sp³-hybridized carbons (Fsp3) is 1.00. The quantitative estimate of drug-likeness (QED) is 0.754. The van der Waals surface area contributed by atoms with Crippen LogP contribution in [0.3, 0.4) is 0 Å². The Bertz CT molecular complexity index is 298. The van der Waals surface area contributed by atoms with Crippen LogP contribution in [0, 0.1) is 23.7 Å². The molecule has 0 amide bonds. The van der Waals surface area contributed by atoms with E-state index in [9.17, 15) is 18.3 Å². The molecule has 0 bridgehead atoms. The van der Waals surface area contributed by atoms with Crippen molar-refractivity contribution in [3.05, 3.63) is 0 Å². The van der Waals surface area contributed by atoms with Crippen LogP contribution in [0.5, 0.6) is 0 Å². The van der Waals surface area contributed by atoms with E-state index in [1.54, 1.807) is 0 Å². The highest BCUT2D eigenvalue weighted by molar-refractivity contribution is 4.98. The molecule has 2 saturated carbocycles. The van der Waals surface area contributed by atoms with Crippen molar-refractivity contribution in [3.63, 3.8) is 0 Å². The molecule has 0 spiro atoms. The summed E-state index contributed by atoms with van der Waals surface area (Å²) in [5.74, 6) is 0.333. The molecule has 2 aliphatic rings. The molecule has 0 heterocycles. The molecule has 0 aromatic rings. The van der Waals surface area contributed by atoms with E-state index < -0.39 is 17.7 Å². The highest BCUT2D eigenvalue weighted by atomic mass is 19.4. The van der Waals surface area contributed by atoms with Gasteiger partial charge in [-0.1, -0.05) is 26.2 Å². The standard InChI is InChI=1S/C14H23F3O/c1-9-5-3-7-11-10(9)6-4-8-12(11)13(2,18)14(15,16)17/h9-12,18H,3-8H2,1-2H3. The summed E-state index contributed by atoms with van der Waals surface area (Å²) in [6, 6.07) is 0. The van der Waals surface area contributed by atoms with Gasteiger partial charge in [0.25, 0.3) is 0 Å². The molecule has 18 heavy (non-hydrogen) atoms. The average molecular weight is 264 g/mol. The lowest BCUT2D eigenvalue weighted by Crippen LogP contribution is -2.54. The van der Waals surface area contributed by atoms with E-state index in [1.165, 1.54) is 0 Å². The number of hydrogen-bond acceptors (Lipinski definition) is 1. The van der Waals surface area contributed by atoms with Crippen molar-refractivity contribution in [2.24, 2.45) is 23.7 Å². The fourth-order valence-electron chi connectivity index (χ4n) is 4.22. The van der Waals surface area contributed by atoms with Crippen molar-refractivity contribution < 1.29 is 18.3 Å². The van der Waals surface area contributed by atoms with Crippen molar-refractivity contribution >= 4 is 0 Å². The van der Waals surface area contributed by atoms with Gasteiger partial charge in [-0.15, -0.1) is 0 Å². The van der Waals surface area contributed by atoms with Crippen molar-refractivity contribution in [2.75, 3.05) is 0 Å². The molecule has 0 aromatic carbocycles. The molecule has 2 aliphatic carbocycles. The molecule has 2 rings (SSSR count). The van der Waals surface area contributed by atoms with E-state index >= 15 is 0 Å². The molecule has 4 heteroatoms. The minimum atomic E-state index is -4.51. The van der Waals surface area contributed by atoms with Gasteiger partial charge in [-0.3, -0.25) is 0 Å². The third-order valence-corrected chi connectivity index (χ3v) is 5.34. The second-order valence-electron chi connectivity index (χ2n) is 6.42. The van der Waals surface area contributed by atoms with Crippen molar-refractivity contribution in [2.45, 2.75) is 64.1 Å². The summed E-state index contributed by atoms with van der Waals surface area (Å²) >= 11 is 0. The lowest BCUT2D eigenvalue weighted by atomic mass is 9.58. The molecular formula is C14H23F3O. The Morgan fingerprint density at radius 3 is 2.11 bits per heavy atom. The zero-order valence-corrected chi connectivity index (χ0v) is 11.1. The Morgan fingerprint density at radius 2 is 1.50 bits per heavy atom. The molecule has 5 atom stereocenters. The van der Waals surface area contributed by atoms with Gasteiger partial charge in [0, 0.05) is 0 Å². The third kappa shape index (κ3) is 2.28. The zero-order chi connectivity index (χ0) is 13.6. The van der Waals surface area contributed by atoms with Crippen molar-refractivity contribution in [3.8, 4) is 0 Å². The lowest BCUT2D eigenvalue weighted by Gasteiger charge is -2.49. The first-order valence-corrected chi connectivity index (χ1v) is 7.04. The van der Waals surface area contributed by atoms with Gasteiger partial charge in [-0.25, -0.2) is 0 Å². The normalized spacial score (nSPS) is 41.0. The second kappa shape index (κ2) is 4.69. The van der Waals surface area contributed by atoms with Crippen molar-refractivity contribution in [1.82, 2.24) is 0 Å². The van der Waals surface area contributed by atoms with Crippen LogP contribution in [0.1, 0.15) is 52.4 Å². The Morgan fingerprint density at radius 1 is 0.944 bits per heavy atom. The summed E-state index contributed by atoms with van der Waals surface area (Å²) in [6.07, 6.45) is 0.847. The summed E-state index contributed by atoms with van der Waals surface area (Å²) in [5, 5.41) is 9.98. The molecule has 2 fully saturated rings. The van der Waals surface area contributed by atoms with Gasteiger partial charge in [0.1, 0.15) is 0 Å². The third-order valence-electron chi connectivity index (χ3n) is 5.34. The monoisotopic (exact) mass is 264 g/mol. The molecule has 0 aliphatic heterocycles. The number of fused-ring (bicyclic) bond motifs is 1. The SMILES string of the molecule is CC1CCCC2C1CCCC2C(C)(O)C(F)(F)F. The van der Waals surface area contributed by atoms with Crippen LogP contribution in [0.25, 0.3) is 0 Å². The van der Waals surface area contributed by atoms with Crippen molar-refractivity contribution in [1.29, 1.82) is 0 Å². The molecule has 0 aromatic heterocycles. The van der Waals surface area contributed by atoms with E-state index in [-0.39, 0.29) is 5.92 Å². The summed E-state index contributed by atoms with van der Waals surface area (Å²) in [6.45, 7) is 3.13. The fourth-order valence-corrected chi connectivity index (χ4v) is 4.22. The van der Waals surface area contributed by atoms with Gasteiger partial charge in [0.2, 0.25) is 0 Å². The highest BCUT2D eigenvalue weighted by Gasteiger charge is 2.58. The van der Waals surface area contributed by atoms with Crippen LogP contribution in [0.2, 0.25) is 0 Å². The zero-order valence-electron chi connectivity index (χ0n) is 11.1. The van der Waals surface area contributed by atoms with E-state index in [0.29, 0.717) is 18.3 Å². The minimum absolute atomic E-state index is 0.0547. The van der Waals surface area contributed by atoms with Gasteiger partial charge in [-0.2, -0.15) is 13.2 Å². The molecule has 1 N–H and O–H groups in total. The Hall–Kier alpha value is -0.250. The average Bonchev–Trinajstić information content (AvgIpc) is 2.27. The van der Waals surface area contributed by atoms with Gasteiger partial charge < -0.3 is 5.11 Å². The number of alkyl halides is 3. The maximum atomic E-state index is 13.0. The molecule has 5 unspecified atom stereocenters. The minimum Gasteiger partial charge on any atom is -0.380 e. The first-order valence-electron chi connectivity index (χ1n) is 7.04. The maximum Gasteiger partial charge on any atom is 0.417 e. The van der Waals surface area contributed by atoms with Gasteiger partial charge in [0.15, 0.2) is 5.60 Å². The topological polar surface area (TPSA) is 20.2 Å². The largest absolute Gasteiger partial charge is 0.417 e. The number of hydrogen-bond donors (Lipinski definition) is 1. The predicted molar refractivity (Wildman–Crippen MR) is 64.0 cm³/mol. The van der Waals surface area contributed by atoms with Crippen LogP contribution in [0.15, 0.2) is 0 Å². The predicted octanol–water partition coefficient (Wildman–Crippen LogP) is 4.15. The van der Waals surface area contributed by atoms with Crippen LogP contribution >= 0.6 is 0 Å². The first-order chi connectivity index (χ1) is 8.25. The molecule has 0 radical (unpaired) electrons. The summed E-state index contributed by atoms with van der Waals surface area (Å²) in [7, 11) is 0. The lowest BCUT2D eigenvalue weighted by molar-refractivity contribution is -0.285. The van der Waals surface area contributed by atoms with Gasteiger partial charge in [0.05, 0.1) is 0 Å². The van der Waals surface area contributed by atoms with E-state index in [0.717, 1.165) is 39.0 Å². The molecule has 1 nitrogen and oxygen atoms in total. The van der Waals surface area contributed by atoms with Crippen LogP contribution < -0.4 is 0 Å². The van der Waals surface area contributed by atoms with Crippen LogP contribution in [0.4, 0.5) is 13.2 Å². The van der Waals surface area contributed by atoms with Gasteiger partial charge in [-0.05, 0) is 49.9 Å². The molecule has 0 saturated heterocycles. The van der Waals surface area contributed by atoms with Crippen LogP contribution in [-0.2, 0) is 0 Å². The van der Waals surface area contributed by atoms with Gasteiger partial charge >= 0.3 is 6.18 Å². The summed E-state index contributed by atoms with van der Waals surface area (Å²) in [4.78, 5) is 0. The Labute approximate surface area is 107 Å². The molecular weight excluding hydrogens is 241 g/mol. The Balaban J connectivity index is 2.22. The highest BCUT2D eigenvalue weighted by Crippen LogP contribution is 2.52. The number of rotatable bonds is 1. The van der Waals surface area contributed by atoms with Crippen LogP contribution in [-0.4, -0.2) is 16.9 Å². The number of halogens is 3. The van der Waals surface area contributed by atoms with E-state index in [2.05, 4.69) is 6.92 Å².